The molecule has 1 unspecified atom stereocenters. The Labute approximate surface area is 101 Å². The number of carbonyl (C=O) groups is 2. The fourth-order valence-corrected chi connectivity index (χ4v) is 1.26. The molecule has 1 atom stereocenters. The molecule has 1 heterocycles. The molecule has 1 rings (SSSR count). The normalized spacial score (nSPS) is 20.8. The molecule has 1 saturated heterocycles. The lowest BCUT2D eigenvalue weighted by molar-refractivity contribution is -0.176. The average molecular weight is 244 g/mol. The molecule has 0 bridgehead atoms. The molecule has 0 aromatic rings. The quantitative estimate of drug-likeness (QED) is 0.710. The number of cyclic esters (lactones) is 2. The van der Waals surface area contributed by atoms with Crippen LogP contribution in [0.3, 0.4) is 0 Å². The van der Waals surface area contributed by atoms with Gasteiger partial charge in [-0.3, -0.25) is 4.79 Å². The molecule has 0 saturated carbocycles. The van der Waals surface area contributed by atoms with Gasteiger partial charge in [-0.2, -0.15) is 0 Å². The fourth-order valence-electron chi connectivity index (χ4n) is 1.26. The Balaban J connectivity index is 2.66. The highest BCUT2D eigenvalue weighted by Gasteiger charge is 2.43. The fraction of sp³-hybridized carbons (Fsp3) is 0.833. The lowest BCUT2D eigenvalue weighted by Crippen LogP contribution is -2.45. The van der Waals surface area contributed by atoms with Crippen molar-refractivity contribution in [1.82, 2.24) is 0 Å². The van der Waals surface area contributed by atoms with Crippen LogP contribution < -0.4 is 0 Å². The van der Waals surface area contributed by atoms with E-state index in [0.717, 1.165) is 0 Å². The van der Waals surface area contributed by atoms with Crippen molar-refractivity contribution in [2.75, 3.05) is 6.61 Å². The van der Waals surface area contributed by atoms with E-state index in [1.807, 2.05) is 20.8 Å². The summed E-state index contributed by atoms with van der Waals surface area (Å²) in [5, 5.41) is 0. The van der Waals surface area contributed by atoms with Gasteiger partial charge in [0.1, 0.15) is 12.2 Å². The summed E-state index contributed by atoms with van der Waals surface area (Å²) in [4.78, 5) is 22.8. The third kappa shape index (κ3) is 3.11. The summed E-state index contributed by atoms with van der Waals surface area (Å²) >= 11 is 0. The number of esters is 1. The van der Waals surface area contributed by atoms with Crippen molar-refractivity contribution in [3.63, 3.8) is 0 Å². The van der Waals surface area contributed by atoms with Gasteiger partial charge in [-0.25, -0.2) is 4.79 Å². The van der Waals surface area contributed by atoms with Gasteiger partial charge in [-0.15, -0.1) is 0 Å². The Bertz CT molecular complexity index is 319. The van der Waals surface area contributed by atoms with Crippen LogP contribution in [0.2, 0.25) is 0 Å². The van der Waals surface area contributed by atoms with Crippen LogP contribution in [0, 0.1) is 5.41 Å². The highest BCUT2D eigenvalue weighted by Crippen LogP contribution is 2.29. The van der Waals surface area contributed by atoms with Crippen molar-refractivity contribution in [2.45, 2.75) is 52.7 Å². The molecule has 1 aliphatic heterocycles. The molecule has 1 aliphatic rings. The SMILES string of the molecule is CCC(C)(C)C(=O)OC(C)(C)C1COC(=O)O1. The Morgan fingerprint density at radius 3 is 2.41 bits per heavy atom. The first-order chi connectivity index (χ1) is 7.69. The van der Waals surface area contributed by atoms with E-state index in [0.29, 0.717) is 6.42 Å². The van der Waals surface area contributed by atoms with Crippen LogP contribution >= 0.6 is 0 Å². The van der Waals surface area contributed by atoms with Gasteiger partial charge in [0, 0.05) is 0 Å². The molecule has 0 radical (unpaired) electrons. The van der Waals surface area contributed by atoms with Crippen molar-refractivity contribution in [3.8, 4) is 0 Å². The largest absolute Gasteiger partial charge is 0.508 e. The van der Waals surface area contributed by atoms with E-state index in [2.05, 4.69) is 0 Å². The average Bonchev–Trinajstić information content (AvgIpc) is 2.65. The maximum absolute atomic E-state index is 11.9. The van der Waals surface area contributed by atoms with Gasteiger partial charge in [0.05, 0.1) is 5.41 Å². The molecular weight excluding hydrogens is 224 g/mol. The predicted molar refractivity (Wildman–Crippen MR) is 60.5 cm³/mol. The zero-order valence-electron chi connectivity index (χ0n) is 11.0. The molecule has 1 fully saturated rings. The van der Waals surface area contributed by atoms with Crippen LogP contribution in [0.5, 0.6) is 0 Å². The minimum atomic E-state index is -0.879. The second-order valence-corrected chi connectivity index (χ2v) is 5.40. The molecule has 0 amide bonds. The monoisotopic (exact) mass is 244 g/mol. The third-order valence-electron chi connectivity index (χ3n) is 3.16. The smallest absolute Gasteiger partial charge is 0.455 e. The third-order valence-corrected chi connectivity index (χ3v) is 3.16. The summed E-state index contributed by atoms with van der Waals surface area (Å²) in [7, 11) is 0. The van der Waals surface area contributed by atoms with Gasteiger partial charge in [0.15, 0.2) is 6.10 Å². The zero-order valence-corrected chi connectivity index (χ0v) is 11.0. The Morgan fingerprint density at radius 1 is 1.41 bits per heavy atom. The van der Waals surface area contributed by atoms with E-state index in [-0.39, 0.29) is 12.6 Å². The Kier molecular flexibility index (Phi) is 3.69. The van der Waals surface area contributed by atoms with E-state index in [1.54, 1.807) is 13.8 Å². The van der Waals surface area contributed by atoms with E-state index in [9.17, 15) is 9.59 Å². The summed E-state index contributed by atoms with van der Waals surface area (Å²) in [6.07, 6.45) is -0.580. The highest BCUT2D eigenvalue weighted by atomic mass is 16.8. The van der Waals surface area contributed by atoms with Crippen LogP contribution in [0.1, 0.15) is 41.0 Å². The second-order valence-electron chi connectivity index (χ2n) is 5.40. The van der Waals surface area contributed by atoms with E-state index in [1.165, 1.54) is 0 Å². The number of carbonyl (C=O) groups excluding carboxylic acids is 2. The van der Waals surface area contributed by atoms with Crippen molar-refractivity contribution < 1.29 is 23.8 Å². The maximum atomic E-state index is 11.9. The van der Waals surface area contributed by atoms with E-state index in [4.69, 9.17) is 14.2 Å². The Morgan fingerprint density at radius 2 is 2.00 bits per heavy atom. The molecule has 0 aliphatic carbocycles. The van der Waals surface area contributed by atoms with Crippen molar-refractivity contribution >= 4 is 12.1 Å². The summed E-state index contributed by atoms with van der Waals surface area (Å²) in [5.41, 5.74) is -1.42. The van der Waals surface area contributed by atoms with Gasteiger partial charge in [0.25, 0.3) is 0 Å². The first kappa shape index (κ1) is 13.8. The summed E-state index contributed by atoms with van der Waals surface area (Å²) in [6, 6.07) is 0. The van der Waals surface area contributed by atoms with Crippen LogP contribution in [-0.2, 0) is 19.0 Å². The maximum Gasteiger partial charge on any atom is 0.508 e. The van der Waals surface area contributed by atoms with E-state index < -0.39 is 23.3 Å². The molecule has 0 aromatic carbocycles. The molecule has 0 aromatic heterocycles. The summed E-state index contributed by atoms with van der Waals surface area (Å²) < 4.78 is 15.1. The summed E-state index contributed by atoms with van der Waals surface area (Å²) in [6.45, 7) is 9.11. The number of hydrogen-bond acceptors (Lipinski definition) is 5. The summed E-state index contributed by atoms with van der Waals surface area (Å²) in [5.74, 6) is -0.298. The van der Waals surface area contributed by atoms with Crippen LogP contribution in [0.15, 0.2) is 0 Å². The molecule has 5 nitrogen and oxygen atoms in total. The number of hydrogen-bond donors (Lipinski definition) is 0. The van der Waals surface area contributed by atoms with Crippen molar-refractivity contribution in [3.05, 3.63) is 0 Å². The van der Waals surface area contributed by atoms with Gasteiger partial charge in [-0.05, 0) is 34.1 Å². The van der Waals surface area contributed by atoms with Crippen molar-refractivity contribution in [2.24, 2.45) is 5.41 Å². The van der Waals surface area contributed by atoms with Crippen LogP contribution in [-0.4, -0.2) is 30.4 Å². The predicted octanol–water partition coefficient (Wildman–Crippen LogP) is 2.28. The van der Waals surface area contributed by atoms with Gasteiger partial charge in [0.2, 0.25) is 0 Å². The highest BCUT2D eigenvalue weighted by molar-refractivity contribution is 5.76. The molecular formula is C12H20O5. The van der Waals surface area contributed by atoms with Gasteiger partial charge in [-0.1, -0.05) is 6.92 Å². The Hall–Kier alpha value is -1.26. The molecule has 98 valence electrons. The lowest BCUT2D eigenvalue weighted by Gasteiger charge is -2.32. The second kappa shape index (κ2) is 4.55. The topological polar surface area (TPSA) is 61.8 Å². The van der Waals surface area contributed by atoms with E-state index >= 15 is 0 Å². The first-order valence-corrected chi connectivity index (χ1v) is 5.76. The molecule has 17 heavy (non-hydrogen) atoms. The first-order valence-electron chi connectivity index (χ1n) is 5.76. The number of rotatable bonds is 4. The minimum absolute atomic E-state index is 0.117. The van der Waals surface area contributed by atoms with Gasteiger partial charge >= 0.3 is 12.1 Å². The van der Waals surface area contributed by atoms with Gasteiger partial charge < -0.3 is 14.2 Å². The zero-order chi connectivity index (χ0) is 13.3. The van der Waals surface area contributed by atoms with Crippen molar-refractivity contribution in [1.29, 1.82) is 0 Å². The molecule has 0 N–H and O–H groups in total. The minimum Gasteiger partial charge on any atom is -0.455 e. The van der Waals surface area contributed by atoms with Crippen LogP contribution in [0.4, 0.5) is 4.79 Å². The molecule has 5 heteroatoms. The lowest BCUT2D eigenvalue weighted by atomic mass is 9.90. The van der Waals surface area contributed by atoms with Crippen LogP contribution in [0.25, 0.3) is 0 Å². The molecule has 0 spiro atoms. The number of ether oxygens (including phenoxy) is 3. The standard InChI is InChI=1S/C12H20O5/c1-6-11(2,3)9(13)17-12(4,5)8-7-15-10(14)16-8/h8H,6-7H2,1-5H3.